The van der Waals surface area contributed by atoms with E-state index in [1.807, 2.05) is 54.6 Å². The lowest BCUT2D eigenvalue weighted by molar-refractivity contribution is -0.134. The highest BCUT2D eigenvalue weighted by atomic mass is 16.5. The molecule has 0 saturated carbocycles. The molecule has 24 heavy (non-hydrogen) atoms. The average Bonchev–Trinajstić information content (AvgIpc) is 2.61. The van der Waals surface area contributed by atoms with Gasteiger partial charge in [0.05, 0.1) is 12.5 Å². The molecule has 2 aromatic rings. The first kappa shape index (κ1) is 16.1. The van der Waals surface area contributed by atoms with Crippen LogP contribution in [0.2, 0.25) is 0 Å². The topological polar surface area (TPSA) is 58.6 Å². The van der Waals surface area contributed by atoms with Gasteiger partial charge in [-0.1, -0.05) is 36.4 Å². The number of amides is 2. The molecule has 0 spiro atoms. The molecule has 0 aromatic heterocycles. The summed E-state index contributed by atoms with van der Waals surface area (Å²) in [6.45, 7) is 0.876. The Balaban J connectivity index is 1.62. The maximum Gasteiger partial charge on any atom is 0.230 e. The molecular weight excluding hydrogens is 304 g/mol. The van der Waals surface area contributed by atoms with Crippen LogP contribution in [0.3, 0.4) is 0 Å². The second-order valence-corrected chi connectivity index (χ2v) is 5.81. The van der Waals surface area contributed by atoms with Gasteiger partial charge in [0.15, 0.2) is 0 Å². The van der Waals surface area contributed by atoms with E-state index in [1.54, 1.807) is 11.9 Å². The summed E-state index contributed by atoms with van der Waals surface area (Å²) in [5, 5.41) is 2.81. The van der Waals surface area contributed by atoms with Crippen LogP contribution in [0.15, 0.2) is 54.6 Å². The summed E-state index contributed by atoms with van der Waals surface area (Å²) >= 11 is 0. The zero-order valence-corrected chi connectivity index (χ0v) is 13.6. The molecule has 0 radical (unpaired) electrons. The van der Waals surface area contributed by atoms with Crippen LogP contribution in [0.4, 0.5) is 5.69 Å². The van der Waals surface area contributed by atoms with E-state index in [1.165, 1.54) is 0 Å². The number of nitrogens with one attached hydrogen (secondary N) is 1. The normalized spacial score (nSPS) is 16.0. The van der Waals surface area contributed by atoms with Crippen molar-refractivity contribution in [1.82, 2.24) is 4.90 Å². The van der Waals surface area contributed by atoms with E-state index >= 15 is 0 Å². The van der Waals surface area contributed by atoms with Crippen LogP contribution in [-0.2, 0) is 9.59 Å². The maximum atomic E-state index is 12.7. The number of benzene rings is 2. The minimum absolute atomic E-state index is 0.0611. The van der Waals surface area contributed by atoms with Crippen LogP contribution >= 0.6 is 0 Å². The minimum Gasteiger partial charge on any atom is -0.492 e. The lowest BCUT2D eigenvalue weighted by Crippen LogP contribution is -2.38. The fourth-order valence-corrected chi connectivity index (χ4v) is 2.82. The predicted octanol–water partition coefficient (Wildman–Crippen LogP) is 2.65. The molecule has 5 heteroatoms. The van der Waals surface area contributed by atoms with Crippen molar-refractivity contribution in [1.29, 1.82) is 0 Å². The molecule has 1 aliphatic heterocycles. The number of anilines is 1. The third-order valence-electron chi connectivity index (χ3n) is 4.11. The molecule has 1 N–H and O–H groups in total. The fourth-order valence-electron chi connectivity index (χ4n) is 2.82. The molecule has 1 heterocycles. The van der Waals surface area contributed by atoms with Crippen LogP contribution in [0.25, 0.3) is 0 Å². The summed E-state index contributed by atoms with van der Waals surface area (Å²) in [4.78, 5) is 26.2. The van der Waals surface area contributed by atoms with E-state index in [0.717, 1.165) is 17.0 Å². The van der Waals surface area contributed by atoms with E-state index < -0.39 is 5.92 Å². The second-order valence-electron chi connectivity index (χ2n) is 5.81. The van der Waals surface area contributed by atoms with Gasteiger partial charge >= 0.3 is 0 Å². The van der Waals surface area contributed by atoms with Crippen LogP contribution in [0, 0.1) is 0 Å². The van der Waals surface area contributed by atoms with Gasteiger partial charge in [-0.2, -0.15) is 0 Å². The van der Waals surface area contributed by atoms with Crippen LogP contribution in [0.1, 0.15) is 17.9 Å². The van der Waals surface area contributed by atoms with Gasteiger partial charge in [0.2, 0.25) is 11.8 Å². The van der Waals surface area contributed by atoms with Gasteiger partial charge < -0.3 is 15.0 Å². The first-order chi connectivity index (χ1) is 11.6. The molecule has 5 nitrogen and oxygen atoms in total. The van der Waals surface area contributed by atoms with Crippen molar-refractivity contribution in [3.63, 3.8) is 0 Å². The molecule has 2 amide bonds. The maximum absolute atomic E-state index is 12.7. The summed E-state index contributed by atoms with van der Waals surface area (Å²) in [5.74, 6) is 0.160. The Hall–Kier alpha value is -2.82. The Morgan fingerprint density at radius 2 is 1.88 bits per heavy atom. The van der Waals surface area contributed by atoms with Crippen molar-refractivity contribution in [2.45, 2.75) is 12.3 Å². The Labute approximate surface area is 141 Å². The summed E-state index contributed by atoms with van der Waals surface area (Å²) in [7, 11) is 1.74. The highest BCUT2D eigenvalue weighted by Crippen LogP contribution is 2.33. The summed E-state index contributed by atoms with van der Waals surface area (Å²) < 4.78 is 5.63. The highest BCUT2D eigenvalue weighted by Gasteiger charge is 2.32. The molecule has 124 valence electrons. The lowest BCUT2D eigenvalue weighted by Gasteiger charge is -2.28. The Bertz CT molecular complexity index is 730. The number of fused-ring (bicyclic) bond motifs is 1. The molecule has 0 saturated heterocycles. The number of rotatable bonds is 5. The van der Waals surface area contributed by atoms with Crippen molar-refractivity contribution in [3.8, 4) is 5.75 Å². The van der Waals surface area contributed by atoms with E-state index in [9.17, 15) is 9.59 Å². The zero-order valence-electron chi connectivity index (χ0n) is 13.6. The standard InChI is InChI=1S/C19H20N2O3/c1-21(11-12-24-14-7-3-2-4-8-14)19(23)16-13-18(22)20-17-10-6-5-9-15(16)17/h2-10,16H,11-13H2,1H3,(H,20,22). The Kier molecular flexibility index (Phi) is 4.79. The Morgan fingerprint density at radius 3 is 2.67 bits per heavy atom. The first-order valence-electron chi connectivity index (χ1n) is 7.97. The number of carbonyl (C=O) groups excluding carboxylic acids is 2. The molecule has 2 aromatic carbocycles. The van der Waals surface area contributed by atoms with Crippen molar-refractivity contribution >= 4 is 17.5 Å². The van der Waals surface area contributed by atoms with Gasteiger partial charge in [-0.25, -0.2) is 0 Å². The van der Waals surface area contributed by atoms with Crippen molar-refractivity contribution in [3.05, 3.63) is 60.2 Å². The third kappa shape index (κ3) is 3.56. The molecule has 3 rings (SSSR count). The monoisotopic (exact) mass is 324 g/mol. The third-order valence-corrected chi connectivity index (χ3v) is 4.11. The quantitative estimate of drug-likeness (QED) is 0.920. The molecule has 1 atom stereocenters. The number of hydrogen-bond acceptors (Lipinski definition) is 3. The fraction of sp³-hybridized carbons (Fsp3) is 0.263. The van der Waals surface area contributed by atoms with Crippen LogP contribution in [-0.4, -0.2) is 36.9 Å². The minimum atomic E-state index is -0.434. The first-order valence-corrected chi connectivity index (χ1v) is 7.97. The molecule has 0 aliphatic carbocycles. The largest absolute Gasteiger partial charge is 0.492 e. The average molecular weight is 324 g/mol. The van der Waals surface area contributed by atoms with Crippen molar-refractivity contribution in [2.75, 3.05) is 25.5 Å². The molecule has 0 fully saturated rings. The number of hydrogen-bond donors (Lipinski definition) is 1. The molecule has 0 bridgehead atoms. The number of likely N-dealkylation sites (N-methyl/N-ethyl adjacent to an activating group) is 1. The van der Waals surface area contributed by atoms with E-state index in [4.69, 9.17) is 4.74 Å². The van der Waals surface area contributed by atoms with Gasteiger partial charge in [-0.15, -0.1) is 0 Å². The van der Waals surface area contributed by atoms with E-state index in [0.29, 0.717) is 13.2 Å². The Morgan fingerprint density at radius 1 is 1.17 bits per heavy atom. The summed E-state index contributed by atoms with van der Waals surface area (Å²) in [5.41, 5.74) is 1.60. The zero-order chi connectivity index (χ0) is 16.9. The SMILES string of the molecule is CN(CCOc1ccccc1)C(=O)C1CC(=O)Nc2ccccc21. The highest BCUT2D eigenvalue weighted by molar-refractivity contribution is 6.01. The van der Waals surface area contributed by atoms with Gasteiger partial charge in [-0.05, 0) is 23.8 Å². The molecule has 1 unspecified atom stereocenters. The van der Waals surface area contributed by atoms with E-state index in [-0.39, 0.29) is 18.2 Å². The lowest BCUT2D eigenvalue weighted by atomic mass is 9.89. The van der Waals surface area contributed by atoms with Crippen LogP contribution < -0.4 is 10.1 Å². The van der Waals surface area contributed by atoms with Gasteiger partial charge in [-0.3, -0.25) is 9.59 Å². The number of nitrogens with zero attached hydrogens (tertiary/aromatic N) is 1. The number of para-hydroxylation sites is 2. The van der Waals surface area contributed by atoms with Crippen LogP contribution in [0.5, 0.6) is 5.75 Å². The molecule has 1 aliphatic rings. The predicted molar refractivity (Wildman–Crippen MR) is 92.0 cm³/mol. The van der Waals surface area contributed by atoms with Gasteiger partial charge in [0.25, 0.3) is 0 Å². The number of carbonyl (C=O) groups is 2. The van der Waals surface area contributed by atoms with Crippen molar-refractivity contribution < 1.29 is 14.3 Å². The second kappa shape index (κ2) is 7.17. The smallest absolute Gasteiger partial charge is 0.230 e. The summed E-state index contributed by atoms with van der Waals surface area (Å²) in [6.07, 6.45) is 0.180. The summed E-state index contributed by atoms with van der Waals surface area (Å²) in [6, 6.07) is 16.9. The van der Waals surface area contributed by atoms with Crippen molar-refractivity contribution in [2.24, 2.45) is 0 Å². The molecular formula is C19H20N2O3. The van der Waals surface area contributed by atoms with Gasteiger partial charge in [0.1, 0.15) is 12.4 Å². The van der Waals surface area contributed by atoms with Gasteiger partial charge in [0, 0.05) is 19.2 Å². The van der Waals surface area contributed by atoms with E-state index in [2.05, 4.69) is 5.32 Å². The number of ether oxygens (including phenoxy) is 1.